The van der Waals surface area contributed by atoms with Gasteiger partial charge < -0.3 is 24.3 Å². The van der Waals surface area contributed by atoms with E-state index in [4.69, 9.17) is 18.9 Å². The zero-order chi connectivity index (χ0) is 35.2. The van der Waals surface area contributed by atoms with Crippen LogP contribution in [0, 0.1) is 0 Å². The summed E-state index contributed by atoms with van der Waals surface area (Å²) >= 11 is 0. The van der Waals surface area contributed by atoms with Gasteiger partial charge in [0.1, 0.15) is 29.7 Å². The molecule has 7 rings (SSSR count). The molecule has 51 heavy (non-hydrogen) atoms. The number of nitrogens with one attached hydrogen (secondary N) is 1. The second-order valence-corrected chi connectivity index (χ2v) is 11.8. The first-order chi connectivity index (χ1) is 25.0. The number of hydrogen-bond donors (Lipinski definition) is 1. The SMILES string of the molecule is COc1ccc(C(OC[C@H]2O[C@@H](n3cnc4c(NC(=O)c5ccccc5)ncnc43)C[C@@H]2N=[N+]=[N-])(c2ccccc2)c2ccc(OC)cc2)cc1. The van der Waals surface area contributed by atoms with E-state index in [2.05, 4.69) is 30.3 Å². The number of carbonyl (C=O) groups excluding carboxylic acids is 1. The number of nitrogens with zero attached hydrogens (tertiary/aromatic N) is 7. The maximum absolute atomic E-state index is 12.9. The highest BCUT2D eigenvalue weighted by Crippen LogP contribution is 2.43. The largest absolute Gasteiger partial charge is 0.497 e. The summed E-state index contributed by atoms with van der Waals surface area (Å²) < 4.78 is 26.4. The number of methoxy groups -OCH3 is 2. The number of amides is 1. The molecule has 1 saturated heterocycles. The van der Waals surface area contributed by atoms with Crippen LogP contribution in [0.3, 0.4) is 0 Å². The highest BCUT2D eigenvalue weighted by atomic mass is 16.6. The molecular weight excluding hydrogens is 648 g/mol. The third-order valence-electron chi connectivity index (χ3n) is 8.98. The van der Waals surface area contributed by atoms with Crippen LogP contribution in [-0.2, 0) is 15.1 Å². The second kappa shape index (κ2) is 14.7. The summed E-state index contributed by atoms with van der Waals surface area (Å²) in [7, 11) is 3.25. The molecule has 256 valence electrons. The number of imidazole rings is 1. The van der Waals surface area contributed by atoms with E-state index in [0.717, 1.165) is 16.7 Å². The Balaban J connectivity index is 1.21. The summed E-state index contributed by atoms with van der Waals surface area (Å²) in [5, 5.41) is 6.95. The first-order valence-electron chi connectivity index (χ1n) is 16.3. The van der Waals surface area contributed by atoms with Crippen LogP contribution in [0.4, 0.5) is 5.82 Å². The van der Waals surface area contributed by atoms with Crippen LogP contribution in [0.1, 0.15) is 39.7 Å². The van der Waals surface area contributed by atoms with E-state index >= 15 is 0 Å². The van der Waals surface area contributed by atoms with Crippen LogP contribution in [0.15, 0.2) is 127 Å². The van der Waals surface area contributed by atoms with Crippen LogP contribution in [-0.4, -0.2) is 58.4 Å². The lowest BCUT2D eigenvalue weighted by Gasteiger charge is -2.37. The fourth-order valence-corrected chi connectivity index (χ4v) is 6.43. The van der Waals surface area contributed by atoms with Gasteiger partial charge in [-0.3, -0.25) is 9.36 Å². The Bertz CT molecular complexity index is 2110. The minimum atomic E-state index is -1.09. The topological polar surface area (TPSA) is 158 Å². The quantitative estimate of drug-likeness (QED) is 0.0621. The fraction of sp³-hybridized carbons (Fsp3) is 0.211. The molecule has 3 heterocycles. The number of benzene rings is 4. The Hall–Kier alpha value is -6.27. The van der Waals surface area contributed by atoms with Crippen molar-refractivity contribution in [2.45, 2.75) is 30.4 Å². The predicted octanol–water partition coefficient (Wildman–Crippen LogP) is 7.07. The molecule has 1 N–H and O–H groups in total. The van der Waals surface area contributed by atoms with Gasteiger partial charge in [0.05, 0.1) is 39.3 Å². The zero-order valence-corrected chi connectivity index (χ0v) is 27.9. The van der Waals surface area contributed by atoms with Gasteiger partial charge in [0.15, 0.2) is 17.0 Å². The first-order valence-corrected chi connectivity index (χ1v) is 16.3. The first kappa shape index (κ1) is 33.2. The average molecular weight is 683 g/mol. The van der Waals surface area contributed by atoms with Crippen molar-refractivity contribution in [2.75, 3.05) is 26.1 Å². The lowest BCUT2D eigenvalue weighted by molar-refractivity contribution is -0.0779. The fourth-order valence-electron chi connectivity index (χ4n) is 6.43. The third kappa shape index (κ3) is 6.56. The van der Waals surface area contributed by atoms with Crippen molar-refractivity contribution in [1.82, 2.24) is 19.5 Å². The monoisotopic (exact) mass is 682 g/mol. The highest BCUT2D eigenvalue weighted by molar-refractivity contribution is 6.06. The standard InChI is InChI=1S/C38H34N8O5/c1-48-29-17-13-27(14-18-29)38(26-11-7-4-8-12-26,28-15-19-30(49-2)20-16-28)50-22-32-31(44-45-39)21-33(51-32)46-24-42-34-35(40-23-41-36(34)46)43-37(47)25-9-5-3-6-10-25/h3-20,23-24,31-33H,21-22H2,1-2H3,(H,40,41,43,47)/t31-,32+,33+/m0/s1. The molecule has 0 aliphatic carbocycles. The maximum atomic E-state index is 12.9. The van der Waals surface area contributed by atoms with E-state index in [1.54, 1.807) is 49.4 Å². The molecule has 0 unspecified atom stereocenters. The normalized spacial score (nSPS) is 17.1. The van der Waals surface area contributed by atoms with Gasteiger partial charge in [-0.15, -0.1) is 0 Å². The van der Waals surface area contributed by atoms with Crippen LogP contribution in [0.5, 0.6) is 11.5 Å². The van der Waals surface area contributed by atoms with Crippen molar-refractivity contribution in [3.63, 3.8) is 0 Å². The molecule has 1 aliphatic heterocycles. The third-order valence-corrected chi connectivity index (χ3v) is 8.98. The van der Waals surface area contributed by atoms with Gasteiger partial charge in [-0.25, -0.2) is 15.0 Å². The minimum Gasteiger partial charge on any atom is -0.497 e. The molecule has 0 radical (unpaired) electrons. The van der Waals surface area contributed by atoms with Crippen molar-refractivity contribution >= 4 is 22.9 Å². The van der Waals surface area contributed by atoms with Crippen molar-refractivity contribution in [1.29, 1.82) is 0 Å². The maximum Gasteiger partial charge on any atom is 0.256 e. The molecule has 0 spiro atoms. The molecule has 2 aromatic heterocycles. The van der Waals surface area contributed by atoms with E-state index in [9.17, 15) is 10.3 Å². The Morgan fingerprint density at radius 1 is 0.882 bits per heavy atom. The summed E-state index contributed by atoms with van der Waals surface area (Å²) in [5.74, 6) is 1.36. The summed E-state index contributed by atoms with van der Waals surface area (Å²) in [6.45, 7) is 0.0626. The number of carbonyl (C=O) groups is 1. The van der Waals surface area contributed by atoms with Gasteiger partial charge in [0.25, 0.3) is 5.91 Å². The van der Waals surface area contributed by atoms with Crippen molar-refractivity contribution < 1.29 is 23.7 Å². The van der Waals surface area contributed by atoms with E-state index in [1.165, 1.54) is 6.33 Å². The number of rotatable bonds is 12. The molecule has 0 bridgehead atoms. The van der Waals surface area contributed by atoms with Gasteiger partial charge in [-0.2, -0.15) is 0 Å². The molecule has 13 heteroatoms. The lowest BCUT2D eigenvalue weighted by Crippen LogP contribution is -2.37. The van der Waals surface area contributed by atoms with Crippen molar-refractivity contribution in [3.05, 3.63) is 155 Å². The molecule has 13 nitrogen and oxygen atoms in total. The predicted molar refractivity (Wildman–Crippen MR) is 189 cm³/mol. The van der Waals surface area contributed by atoms with Crippen LogP contribution < -0.4 is 14.8 Å². The summed E-state index contributed by atoms with van der Waals surface area (Å²) in [6.07, 6.45) is 2.05. The number of ether oxygens (including phenoxy) is 4. The Morgan fingerprint density at radius 3 is 2.10 bits per heavy atom. The van der Waals surface area contributed by atoms with Crippen LogP contribution in [0.25, 0.3) is 21.6 Å². The molecule has 4 aromatic carbocycles. The number of azide groups is 1. The van der Waals surface area contributed by atoms with Gasteiger partial charge >= 0.3 is 0 Å². The number of hydrogen-bond acceptors (Lipinski definition) is 9. The molecule has 0 saturated carbocycles. The number of aromatic nitrogens is 4. The summed E-state index contributed by atoms with van der Waals surface area (Å²) in [5.41, 5.74) is 12.4. The van der Waals surface area contributed by atoms with Gasteiger partial charge in [-0.05, 0) is 58.6 Å². The Morgan fingerprint density at radius 2 is 1.49 bits per heavy atom. The van der Waals surface area contributed by atoms with Gasteiger partial charge in [0.2, 0.25) is 0 Å². The van der Waals surface area contributed by atoms with Crippen LogP contribution >= 0.6 is 0 Å². The van der Waals surface area contributed by atoms with E-state index in [-0.39, 0.29) is 18.3 Å². The van der Waals surface area contributed by atoms with Crippen molar-refractivity contribution in [2.24, 2.45) is 5.11 Å². The molecule has 1 aliphatic rings. The minimum absolute atomic E-state index is 0.0626. The van der Waals surface area contributed by atoms with Crippen LogP contribution in [0.2, 0.25) is 0 Å². The van der Waals surface area contributed by atoms with E-state index in [0.29, 0.717) is 34.6 Å². The molecular formula is C38H34N8O5. The molecule has 1 amide bonds. The second-order valence-electron chi connectivity index (χ2n) is 11.8. The molecule has 6 aromatic rings. The summed E-state index contributed by atoms with van der Waals surface area (Å²) in [6, 6.07) is 33.7. The Kier molecular flexibility index (Phi) is 9.57. The summed E-state index contributed by atoms with van der Waals surface area (Å²) in [4.78, 5) is 29.3. The Labute approximate surface area is 293 Å². The van der Waals surface area contributed by atoms with Gasteiger partial charge in [0, 0.05) is 16.9 Å². The van der Waals surface area contributed by atoms with Gasteiger partial charge in [-0.1, -0.05) is 77.9 Å². The molecule has 1 fully saturated rings. The number of anilines is 1. The van der Waals surface area contributed by atoms with Crippen molar-refractivity contribution in [3.8, 4) is 11.5 Å². The molecule has 3 atom stereocenters. The zero-order valence-electron chi connectivity index (χ0n) is 27.9. The smallest absolute Gasteiger partial charge is 0.256 e. The highest BCUT2D eigenvalue weighted by Gasteiger charge is 2.42. The average Bonchev–Trinajstić information content (AvgIpc) is 3.81. The lowest BCUT2D eigenvalue weighted by atomic mass is 9.80. The number of fused-ring (bicyclic) bond motifs is 1. The van der Waals surface area contributed by atoms with E-state index < -0.39 is 24.0 Å². The van der Waals surface area contributed by atoms with E-state index in [1.807, 2.05) is 84.9 Å².